The van der Waals surface area contributed by atoms with Gasteiger partial charge in [0, 0.05) is 43.6 Å². The molecule has 44 heavy (non-hydrogen) atoms. The van der Waals surface area contributed by atoms with Gasteiger partial charge in [0.15, 0.2) is 6.29 Å². The smallest absolute Gasteiger partial charge is 0.303 e. The van der Waals surface area contributed by atoms with Crippen molar-refractivity contribution in [2.45, 2.75) is 70.9 Å². The van der Waals surface area contributed by atoms with Gasteiger partial charge in [0.05, 0.1) is 23.5 Å². The molecule has 1 aliphatic rings. The van der Waals surface area contributed by atoms with Crippen LogP contribution in [0, 0.1) is 20.8 Å². The van der Waals surface area contributed by atoms with Crippen molar-refractivity contribution in [3.05, 3.63) is 71.3 Å². The number of anilines is 2. The Morgan fingerprint density at radius 2 is 1.80 bits per heavy atom. The first-order valence-corrected chi connectivity index (χ1v) is 16.3. The molecule has 2 unspecified atom stereocenters. The molecular formula is C34H41N3O6S. The number of hydrogen-bond acceptors (Lipinski definition) is 9. The Bertz CT molecular complexity index is 1770. The van der Waals surface area contributed by atoms with Gasteiger partial charge in [-0.25, -0.2) is 9.17 Å². The lowest BCUT2D eigenvalue weighted by atomic mass is 9.98. The van der Waals surface area contributed by atoms with Gasteiger partial charge in [-0.1, -0.05) is 19.1 Å². The van der Waals surface area contributed by atoms with Crippen LogP contribution in [0.2, 0.25) is 0 Å². The predicted octanol–water partition coefficient (Wildman–Crippen LogP) is 6.90. The number of nitrogen functional groups attached to an aromatic ring is 1. The maximum absolute atomic E-state index is 13.7. The minimum Gasteiger partial charge on any atom is -0.463 e. The summed E-state index contributed by atoms with van der Waals surface area (Å²) in [7, 11) is -0.466. The van der Waals surface area contributed by atoms with Crippen molar-refractivity contribution in [3.63, 3.8) is 0 Å². The van der Waals surface area contributed by atoms with Gasteiger partial charge in [0.1, 0.15) is 16.4 Å². The predicted molar refractivity (Wildman–Crippen MR) is 174 cm³/mol. The van der Waals surface area contributed by atoms with Gasteiger partial charge in [0.25, 0.3) is 0 Å². The number of hydrogen-bond donors (Lipinski definition) is 1. The van der Waals surface area contributed by atoms with Gasteiger partial charge >= 0.3 is 10.1 Å². The molecule has 0 aliphatic carbocycles. The Labute approximate surface area is 260 Å². The average Bonchev–Trinajstić information content (AvgIpc) is 2.99. The molecule has 4 aromatic rings. The molecule has 0 amide bonds. The van der Waals surface area contributed by atoms with Gasteiger partial charge in [-0.15, -0.1) is 0 Å². The molecule has 234 valence electrons. The van der Waals surface area contributed by atoms with Crippen molar-refractivity contribution < 1.29 is 26.8 Å². The van der Waals surface area contributed by atoms with Crippen LogP contribution in [0.5, 0.6) is 11.5 Å². The Morgan fingerprint density at radius 3 is 2.50 bits per heavy atom. The van der Waals surface area contributed by atoms with Gasteiger partial charge in [-0.2, -0.15) is 8.42 Å². The van der Waals surface area contributed by atoms with Crippen LogP contribution in [0.25, 0.3) is 22.2 Å². The SMILES string of the molecule is CCC(Oc1cc(-c2nc3ccc(N)cc3c(C)c2C)ccc1N(C)C)OS(=O)(=O)c1ccc(C)cc1OC1CCCCO1. The number of aryl methyl sites for hydroxylation is 2. The van der Waals surface area contributed by atoms with E-state index in [1.807, 2.05) is 76.2 Å². The van der Waals surface area contributed by atoms with E-state index < -0.39 is 22.7 Å². The number of nitrogens with two attached hydrogens (primary N) is 1. The molecule has 9 nitrogen and oxygen atoms in total. The van der Waals surface area contributed by atoms with E-state index in [1.165, 1.54) is 6.07 Å². The lowest BCUT2D eigenvalue weighted by Crippen LogP contribution is -2.27. The van der Waals surface area contributed by atoms with Crippen molar-refractivity contribution in [2.24, 2.45) is 0 Å². The molecule has 0 bridgehead atoms. The Kier molecular flexibility index (Phi) is 9.34. The molecule has 10 heteroatoms. The van der Waals surface area contributed by atoms with Crippen LogP contribution in [0.1, 0.15) is 49.3 Å². The van der Waals surface area contributed by atoms with Crippen molar-refractivity contribution in [1.82, 2.24) is 4.98 Å². The van der Waals surface area contributed by atoms with Crippen LogP contribution in [0.4, 0.5) is 11.4 Å². The summed E-state index contributed by atoms with van der Waals surface area (Å²) in [6, 6.07) is 16.4. The summed E-state index contributed by atoms with van der Waals surface area (Å²) in [5.74, 6) is 0.680. The minimum absolute atomic E-state index is 0.0620. The largest absolute Gasteiger partial charge is 0.463 e. The zero-order valence-electron chi connectivity index (χ0n) is 26.2. The summed E-state index contributed by atoms with van der Waals surface area (Å²) in [4.78, 5) is 6.80. The first-order chi connectivity index (χ1) is 21.0. The van der Waals surface area contributed by atoms with Crippen LogP contribution in [0.15, 0.2) is 59.5 Å². The van der Waals surface area contributed by atoms with Crippen molar-refractivity contribution >= 4 is 32.4 Å². The van der Waals surface area contributed by atoms with Crippen molar-refractivity contribution in [1.29, 1.82) is 0 Å². The maximum Gasteiger partial charge on any atom is 0.303 e. The third-order valence-corrected chi connectivity index (χ3v) is 9.22. The van der Waals surface area contributed by atoms with Crippen LogP contribution in [-0.4, -0.2) is 46.7 Å². The second-order valence-electron chi connectivity index (χ2n) is 11.4. The third kappa shape index (κ3) is 6.77. The highest BCUT2D eigenvalue weighted by molar-refractivity contribution is 7.86. The molecule has 0 saturated carbocycles. The lowest BCUT2D eigenvalue weighted by Gasteiger charge is -2.26. The molecular weight excluding hydrogens is 578 g/mol. The zero-order chi connectivity index (χ0) is 31.6. The quantitative estimate of drug-likeness (QED) is 0.115. The van der Waals surface area contributed by atoms with Gasteiger partial charge in [-0.3, -0.25) is 0 Å². The van der Waals surface area contributed by atoms with E-state index >= 15 is 0 Å². The Balaban J connectivity index is 1.46. The van der Waals surface area contributed by atoms with Crippen LogP contribution in [-0.2, 0) is 19.0 Å². The number of ether oxygens (including phenoxy) is 3. The van der Waals surface area contributed by atoms with E-state index in [0.29, 0.717) is 24.5 Å². The molecule has 0 spiro atoms. The number of benzene rings is 3. The average molecular weight is 620 g/mol. The van der Waals surface area contributed by atoms with Crippen LogP contribution < -0.4 is 20.1 Å². The summed E-state index contributed by atoms with van der Waals surface area (Å²) in [5, 5.41) is 1.01. The molecule has 1 aliphatic heterocycles. The molecule has 1 saturated heterocycles. The first kappa shape index (κ1) is 31.6. The highest BCUT2D eigenvalue weighted by Crippen LogP contribution is 2.37. The number of pyridine rings is 1. The van der Waals surface area contributed by atoms with Crippen LogP contribution >= 0.6 is 0 Å². The Morgan fingerprint density at radius 1 is 1.00 bits per heavy atom. The van der Waals surface area contributed by atoms with Gasteiger partial charge < -0.3 is 24.8 Å². The summed E-state index contributed by atoms with van der Waals surface area (Å²) >= 11 is 0. The van der Waals surface area contributed by atoms with Gasteiger partial charge in [0.2, 0.25) is 6.29 Å². The monoisotopic (exact) mass is 619 g/mol. The van der Waals surface area contributed by atoms with Gasteiger partial charge in [-0.05, 0) is 92.8 Å². The molecule has 2 N–H and O–H groups in total. The number of rotatable bonds is 10. The summed E-state index contributed by atoms with van der Waals surface area (Å²) in [6.07, 6.45) is 1.28. The second kappa shape index (κ2) is 13.0. The number of nitrogens with zero attached hydrogens (tertiary/aromatic N) is 2. The van der Waals surface area contributed by atoms with E-state index in [2.05, 4.69) is 6.92 Å². The van der Waals surface area contributed by atoms with E-state index in [1.54, 1.807) is 12.1 Å². The summed E-state index contributed by atoms with van der Waals surface area (Å²) in [5.41, 5.74) is 13.0. The fraction of sp³-hybridized carbons (Fsp3) is 0.382. The molecule has 2 atom stereocenters. The molecule has 0 radical (unpaired) electrons. The van der Waals surface area contributed by atoms with E-state index in [0.717, 1.165) is 57.4 Å². The molecule has 3 aromatic carbocycles. The summed E-state index contributed by atoms with van der Waals surface area (Å²) in [6.45, 7) is 8.36. The minimum atomic E-state index is -4.27. The van der Waals surface area contributed by atoms with Crippen molar-refractivity contribution in [3.8, 4) is 22.8 Å². The van der Waals surface area contributed by atoms with Crippen LogP contribution in [0.3, 0.4) is 0 Å². The van der Waals surface area contributed by atoms with E-state index in [-0.39, 0.29) is 17.1 Å². The maximum atomic E-state index is 13.7. The molecule has 1 fully saturated rings. The van der Waals surface area contributed by atoms with Crippen molar-refractivity contribution in [2.75, 3.05) is 31.3 Å². The Hall–Kier alpha value is -3.86. The molecule has 5 rings (SSSR count). The number of aromatic nitrogens is 1. The number of fused-ring (bicyclic) bond motifs is 1. The standard InChI is InChI=1S/C34H41N3O6S/c1-7-32(43-44(38,39)31-16-11-21(2)18-30(31)42-33-10-8-9-17-40-33)41-29-19-24(12-15-28(29)37(5)6)34-23(4)22(3)26-20-25(35)13-14-27(26)36-34/h11-16,18-20,32-33H,7-10,17,35H2,1-6H3. The highest BCUT2D eigenvalue weighted by atomic mass is 32.2. The normalized spacial score (nSPS) is 16.1. The zero-order valence-corrected chi connectivity index (χ0v) is 27.0. The topological polar surface area (TPSA) is 113 Å². The first-order valence-electron chi connectivity index (χ1n) is 14.9. The lowest BCUT2D eigenvalue weighted by molar-refractivity contribution is -0.107. The molecule has 1 aromatic heterocycles. The fourth-order valence-electron chi connectivity index (χ4n) is 5.31. The summed E-state index contributed by atoms with van der Waals surface area (Å²) < 4.78 is 51.1. The third-order valence-electron chi connectivity index (χ3n) is 7.88. The second-order valence-corrected chi connectivity index (χ2v) is 13.0. The van der Waals surface area contributed by atoms with E-state index in [9.17, 15) is 8.42 Å². The fourth-order valence-corrected chi connectivity index (χ4v) is 6.46. The van der Waals surface area contributed by atoms with E-state index in [4.69, 9.17) is 29.1 Å². The molecule has 2 heterocycles. The highest BCUT2D eigenvalue weighted by Gasteiger charge is 2.28.